The van der Waals surface area contributed by atoms with E-state index in [0.717, 1.165) is 11.1 Å². The molecule has 2 aromatic carbocycles. The molecule has 0 spiro atoms. The van der Waals surface area contributed by atoms with Crippen LogP contribution in [-0.4, -0.2) is 32.7 Å². The Kier molecular flexibility index (Phi) is 7.95. The van der Waals surface area contributed by atoms with Gasteiger partial charge in [-0.1, -0.05) is 29.8 Å². The molecule has 0 aliphatic heterocycles. The quantitative estimate of drug-likeness (QED) is 0.665. The number of methoxy groups -OCH3 is 2. The van der Waals surface area contributed by atoms with Crippen LogP contribution in [0.2, 0.25) is 5.02 Å². The summed E-state index contributed by atoms with van der Waals surface area (Å²) in [4.78, 5) is 23.7. The van der Waals surface area contributed by atoms with Crippen molar-refractivity contribution in [1.29, 1.82) is 0 Å². The summed E-state index contributed by atoms with van der Waals surface area (Å²) in [6.07, 6.45) is 0.599. The molecule has 0 unspecified atom stereocenters. The van der Waals surface area contributed by atoms with Gasteiger partial charge in [-0.05, 0) is 35.7 Å². The van der Waals surface area contributed by atoms with Gasteiger partial charge in [0.25, 0.3) is 5.91 Å². The van der Waals surface area contributed by atoms with Gasteiger partial charge >= 0.3 is 5.97 Å². The summed E-state index contributed by atoms with van der Waals surface area (Å²) in [6, 6.07) is 12.6. The van der Waals surface area contributed by atoms with Crippen LogP contribution in [-0.2, 0) is 27.3 Å². The first kappa shape index (κ1) is 20.6. The molecule has 0 aliphatic carbocycles. The average molecular weight is 392 g/mol. The molecule has 6 nitrogen and oxygen atoms in total. The van der Waals surface area contributed by atoms with E-state index in [4.69, 9.17) is 25.8 Å². The van der Waals surface area contributed by atoms with Crippen LogP contribution in [0.3, 0.4) is 0 Å². The molecule has 0 bridgehead atoms. The first-order valence-electron chi connectivity index (χ1n) is 8.39. The predicted molar refractivity (Wildman–Crippen MR) is 102 cm³/mol. The Morgan fingerprint density at radius 2 is 1.70 bits per heavy atom. The topological polar surface area (TPSA) is 73.9 Å². The molecule has 2 rings (SSSR count). The number of nitrogens with one attached hydrogen (secondary N) is 1. The molecule has 0 fully saturated rings. The van der Waals surface area contributed by atoms with Crippen LogP contribution in [0.25, 0.3) is 0 Å². The third kappa shape index (κ3) is 6.83. The van der Waals surface area contributed by atoms with Crippen molar-refractivity contribution in [2.75, 3.05) is 20.8 Å². The maximum Gasteiger partial charge on any atom is 0.306 e. The first-order valence-corrected chi connectivity index (χ1v) is 8.77. The van der Waals surface area contributed by atoms with Gasteiger partial charge in [0.2, 0.25) is 0 Å². The Hall–Kier alpha value is -2.73. The number of benzene rings is 2. The van der Waals surface area contributed by atoms with Gasteiger partial charge < -0.3 is 19.5 Å². The highest BCUT2D eigenvalue weighted by Gasteiger charge is 2.10. The van der Waals surface area contributed by atoms with Crippen molar-refractivity contribution in [3.8, 4) is 11.5 Å². The summed E-state index contributed by atoms with van der Waals surface area (Å²) in [5, 5.41) is 3.24. The fourth-order valence-corrected chi connectivity index (χ4v) is 2.56. The lowest BCUT2D eigenvalue weighted by atomic mass is 10.1. The number of ether oxygens (including phenoxy) is 3. The summed E-state index contributed by atoms with van der Waals surface area (Å²) in [7, 11) is 3.13. The van der Waals surface area contributed by atoms with Gasteiger partial charge in [-0.25, -0.2) is 0 Å². The number of aryl methyl sites for hydroxylation is 1. The predicted octanol–water partition coefficient (Wildman–Crippen LogP) is 3.15. The van der Waals surface area contributed by atoms with Crippen LogP contribution in [0.5, 0.6) is 11.5 Å². The standard InChI is InChI=1S/C20H22ClNO5/c1-25-16-9-14(10-17(11-16)26-2)7-8-20(24)27-13-19(23)22-12-15-5-3-4-6-18(15)21/h3-6,9-11H,7-8,12-13H2,1-2H3,(H,22,23). The lowest BCUT2D eigenvalue weighted by Crippen LogP contribution is -2.28. The zero-order valence-electron chi connectivity index (χ0n) is 15.3. The van der Waals surface area contributed by atoms with Gasteiger partial charge in [0.15, 0.2) is 6.61 Å². The highest BCUT2D eigenvalue weighted by Crippen LogP contribution is 2.23. The molecule has 0 saturated carbocycles. The van der Waals surface area contributed by atoms with E-state index in [-0.39, 0.29) is 25.5 Å². The molecular weight excluding hydrogens is 370 g/mol. The van der Waals surface area contributed by atoms with Crippen LogP contribution >= 0.6 is 11.6 Å². The molecule has 144 valence electrons. The number of carbonyl (C=O) groups is 2. The number of halogens is 1. The van der Waals surface area contributed by atoms with Crippen molar-refractivity contribution in [1.82, 2.24) is 5.32 Å². The summed E-state index contributed by atoms with van der Waals surface area (Å²) >= 11 is 6.02. The van der Waals surface area contributed by atoms with Crippen molar-refractivity contribution >= 4 is 23.5 Å². The SMILES string of the molecule is COc1cc(CCC(=O)OCC(=O)NCc2ccccc2Cl)cc(OC)c1. The third-order valence-corrected chi connectivity index (χ3v) is 4.20. The maximum absolute atomic E-state index is 11.9. The Balaban J connectivity index is 1.74. The van der Waals surface area contributed by atoms with Crippen molar-refractivity contribution < 1.29 is 23.8 Å². The highest BCUT2D eigenvalue weighted by molar-refractivity contribution is 6.31. The minimum Gasteiger partial charge on any atom is -0.497 e. The van der Waals surface area contributed by atoms with Gasteiger partial charge in [0.1, 0.15) is 11.5 Å². The van der Waals surface area contributed by atoms with E-state index < -0.39 is 5.97 Å². The molecule has 0 aromatic heterocycles. The summed E-state index contributed by atoms with van der Waals surface area (Å²) in [5.74, 6) is 0.462. The molecule has 2 aromatic rings. The Labute approximate surface area is 163 Å². The van der Waals surface area contributed by atoms with Crippen LogP contribution < -0.4 is 14.8 Å². The van der Waals surface area contributed by atoms with Crippen molar-refractivity contribution in [3.05, 3.63) is 58.6 Å². The highest BCUT2D eigenvalue weighted by atomic mass is 35.5. The number of hydrogen-bond donors (Lipinski definition) is 1. The second-order valence-corrected chi connectivity index (χ2v) is 6.16. The van der Waals surface area contributed by atoms with Gasteiger partial charge in [-0.15, -0.1) is 0 Å². The van der Waals surface area contributed by atoms with Gasteiger partial charge in [0, 0.05) is 24.1 Å². The lowest BCUT2D eigenvalue weighted by molar-refractivity contribution is -0.148. The lowest BCUT2D eigenvalue weighted by Gasteiger charge is -2.09. The molecular formula is C20H22ClNO5. The molecule has 0 radical (unpaired) electrons. The van der Waals surface area contributed by atoms with E-state index in [1.54, 1.807) is 26.4 Å². The monoisotopic (exact) mass is 391 g/mol. The smallest absolute Gasteiger partial charge is 0.306 e. The van der Waals surface area contributed by atoms with Gasteiger partial charge in [-0.2, -0.15) is 0 Å². The fraction of sp³-hybridized carbons (Fsp3) is 0.300. The molecule has 0 heterocycles. The number of carbonyl (C=O) groups excluding carboxylic acids is 2. The van der Waals surface area contributed by atoms with Crippen molar-refractivity contribution in [3.63, 3.8) is 0 Å². The minimum absolute atomic E-state index is 0.147. The molecule has 7 heteroatoms. The maximum atomic E-state index is 11.9. The number of esters is 1. The van der Waals surface area contributed by atoms with Crippen molar-refractivity contribution in [2.45, 2.75) is 19.4 Å². The molecule has 0 aliphatic rings. The van der Waals surface area contributed by atoms with Gasteiger partial charge in [-0.3, -0.25) is 9.59 Å². The average Bonchev–Trinajstić information content (AvgIpc) is 2.69. The van der Waals surface area contributed by atoms with Crippen LogP contribution in [0.1, 0.15) is 17.5 Å². The van der Waals surface area contributed by atoms with E-state index in [1.807, 2.05) is 30.3 Å². The molecule has 1 amide bonds. The molecule has 0 atom stereocenters. The van der Waals surface area contributed by atoms with E-state index in [1.165, 1.54) is 0 Å². The van der Waals surface area contributed by atoms with Crippen LogP contribution in [0.4, 0.5) is 0 Å². The first-order chi connectivity index (χ1) is 13.0. The minimum atomic E-state index is -0.454. The van der Waals surface area contributed by atoms with Crippen LogP contribution in [0.15, 0.2) is 42.5 Å². The zero-order valence-corrected chi connectivity index (χ0v) is 16.0. The Morgan fingerprint density at radius 3 is 2.33 bits per heavy atom. The fourth-order valence-electron chi connectivity index (χ4n) is 2.36. The molecule has 0 saturated heterocycles. The molecule has 27 heavy (non-hydrogen) atoms. The zero-order chi connectivity index (χ0) is 19.6. The number of rotatable bonds is 9. The molecule has 1 N–H and O–H groups in total. The van der Waals surface area contributed by atoms with Gasteiger partial charge in [0.05, 0.1) is 14.2 Å². The number of hydrogen-bond acceptors (Lipinski definition) is 5. The van der Waals surface area contributed by atoms with E-state index in [0.29, 0.717) is 22.9 Å². The van der Waals surface area contributed by atoms with Crippen LogP contribution in [0, 0.1) is 0 Å². The van der Waals surface area contributed by atoms with E-state index >= 15 is 0 Å². The summed E-state index contributed by atoms with van der Waals surface area (Å²) < 4.78 is 15.4. The second kappa shape index (κ2) is 10.4. The Bertz CT molecular complexity index is 771. The van der Waals surface area contributed by atoms with Crippen molar-refractivity contribution in [2.24, 2.45) is 0 Å². The summed E-state index contributed by atoms with van der Waals surface area (Å²) in [6.45, 7) is -0.0512. The van der Waals surface area contributed by atoms with E-state index in [9.17, 15) is 9.59 Å². The summed E-state index contributed by atoms with van der Waals surface area (Å²) in [5.41, 5.74) is 1.68. The second-order valence-electron chi connectivity index (χ2n) is 5.75. The third-order valence-electron chi connectivity index (χ3n) is 3.83. The Morgan fingerprint density at radius 1 is 1.04 bits per heavy atom. The van der Waals surface area contributed by atoms with E-state index in [2.05, 4.69) is 5.32 Å². The largest absolute Gasteiger partial charge is 0.497 e. The normalized spacial score (nSPS) is 10.2. The number of amides is 1.